The first-order chi connectivity index (χ1) is 9.97. The summed E-state index contributed by atoms with van der Waals surface area (Å²) in [5.41, 5.74) is 7.04. The highest BCUT2D eigenvalue weighted by atomic mass is 16.3. The summed E-state index contributed by atoms with van der Waals surface area (Å²) < 4.78 is 0. The van der Waals surface area contributed by atoms with Crippen LogP contribution in [0.1, 0.15) is 32.3 Å². The molecule has 4 nitrogen and oxygen atoms in total. The van der Waals surface area contributed by atoms with E-state index in [-0.39, 0.29) is 11.7 Å². The molecule has 1 atom stereocenters. The van der Waals surface area contributed by atoms with Crippen LogP contribution in [0.5, 0.6) is 5.75 Å². The first kappa shape index (κ1) is 15.8. The fourth-order valence-corrected chi connectivity index (χ4v) is 2.99. The van der Waals surface area contributed by atoms with Crippen molar-refractivity contribution in [1.82, 2.24) is 4.90 Å². The van der Waals surface area contributed by atoms with Crippen LogP contribution in [0.4, 0.5) is 0 Å². The number of phenolic OH excluding ortho intramolecular Hbond substituents is 1. The molecule has 21 heavy (non-hydrogen) atoms. The summed E-state index contributed by atoms with van der Waals surface area (Å²) in [7, 11) is 0. The molecule has 1 amide bonds. The van der Waals surface area contributed by atoms with Gasteiger partial charge in [-0.3, -0.25) is 4.79 Å². The van der Waals surface area contributed by atoms with Crippen LogP contribution in [-0.4, -0.2) is 35.0 Å². The summed E-state index contributed by atoms with van der Waals surface area (Å²) >= 11 is 0. The topological polar surface area (TPSA) is 66.6 Å². The SMILES string of the molecule is CC(C)C1CCN(C(=O)[C@H](N)Cc2ccc(O)cc2)CC1. The van der Waals surface area contributed by atoms with Crippen LogP contribution in [0.3, 0.4) is 0 Å². The van der Waals surface area contributed by atoms with Crippen LogP contribution in [0, 0.1) is 11.8 Å². The van der Waals surface area contributed by atoms with Gasteiger partial charge in [0.2, 0.25) is 5.91 Å². The minimum atomic E-state index is -0.495. The molecule has 1 aromatic rings. The second-order valence-corrected chi connectivity index (χ2v) is 6.38. The third-order valence-corrected chi connectivity index (χ3v) is 4.50. The third kappa shape index (κ3) is 4.21. The predicted molar refractivity (Wildman–Crippen MR) is 83.9 cm³/mol. The van der Waals surface area contributed by atoms with E-state index < -0.39 is 6.04 Å². The van der Waals surface area contributed by atoms with E-state index >= 15 is 0 Å². The van der Waals surface area contributed by atoms with Crippen LogP contribution in [0.2, 0.25) is 0 Å². The molecule has 2 rings (SSSR count). The van der Waals surface area contributed by atoms with Gasteiger partial charge in [-0.2, -0.15) is 0 Å². The first-order valence-corrected chi connectivity index (χ1v) is 7.79. The standard InChI is InChI=1S/C17H26N2O2/c1-12(2)14-7-9-19(10-8-14)17(21)16(18)11-13-3-5-15(20)6-4-13/h3-6,12,14,16,20H,7-11,18H2,1-2H3/t16-/m1/s1. The van der Waals surface area contributed by atoms with Crippen LogP contribution in [0.25, 0.3) is 0 Å². The van der Waals surface area contributed by atoms with Crippen molar-refractivity contribution in [1.29, 1.82) is 0 Å². The number of carbonyl (C=O) groups excluding carboxylic acids is 1. The molecule has 1 saturated heterocycles. The lowest BCUT2D eigenvalue weighted by Gasteiger charge is -2.35. The van der Waals surface area contributed by atoms with Gasteiger partial charge in [0.15, 0.2) is 0 Å². The van der Waals surface area contributed by atoms with Crippen molar-refractivity contribution in [3.8, 4) is 5.75 Å². The maximum Gasteiger partial charge on any atom is 0.239 e. The summed E-state index contributed by atoms with van der Waals surface area (Å²) in [6.07, 6.45) is 2.67. The second-order valence-electron chi connectivity index (χ2n) is 6.38. The maximum atomic E-state index is 12.4. The lowest BCUT2D eigenvalue weighted by molar-refractivity contribution is -0.134. The average molecular weight is 290 g/mol. The van der Waals surface area contributed by atoms with Crippen molar-refractivity contribution < 1.29 is 9.90 Å². The van der Waals surface area contributed by atoms with Crippen molar-refractivity contribution in [2.45, 2.75) is 39.2 Å². The number of hydrogen-bond donors (Lipinski definition) is 2. The number of aromatic hydroxyl groups is 1. The molecule has 0 spiro atoms. The zero-order chi connectivity index (χ0) is 15.4. The highest BCUT2D eigenvalue weighted by Crippen LogP contribution is 2.24. The van der Waals surface area contributed by atoms with Gasteiger partial charge in [-0.15, -0.1) is 0 Å². The Balaban J connectivity index is 1.87. The number of nitrogens with two attached hydrogens (primary N) is 1. The number of benzene rings is 1. The highest BCUT2D eigenvalue weighted by Gasteiger charge is 2.27. The van der Waals surface area contributed by atoms with Gasteiger partial charge in [-0.25, -0.2) is 0 Å². The van der Waals surface area contributed by atoms with Crippen molar-refractivity contribution in [3.05, 3.63) is 29.8 Å². The number of rotatable bonds is 4. The molecule has 3 N–H and O–H groups in total. The zero-order valence-electron chi connectivity index (χ0n) is 13.0. The monoisotopic (exact) mass is 290 g/mol. The van der Waals surface area contributed by atoms with Crippen molar-refractivity contribution in [3.63, 3.8) is 0 Å². The molecule has 1 fully saturated rings. The molecule has 116 valence electrons. The fraction of sp³-hybridized carbons (Fsp3) is 0.588. The van der Waals surface area contributed by atoms with E-state index in [0.717, 1.165) is 37.4 Å². The lowest BCUT2D eigenvalue weighted by atomic mass is 9.86. The number of likely N-dealkylation sites (tertiary alicyclic amines) is 1. The summed E-state index contributed by atoms with van der Waals surface area (Å²) in [5, 5.41) is 9.27. The highest BCUT2D eigenvalue weighted by molar-refractivity contribution is 5.82. The van der Waals surface area contributed by atoms with Crippen LogP contribution >= 0.6 is 0 Å². The summed E-state index contributed by atoms with van der Waals surface area (Å²) in [6, 6.07) is 6.38. The Morgan fingerprint density at radius 3 is 2.38 bits per heavy atom. The first-order valence-electron chi connectivity index (χ1n) is 7.79. The molecule has 0 unspecified atom stereocenters. The number of carbonyl (C=O) groups is 1. The van der Waals surface area contributed by atoms with Gasteiger partial charge in [0, 0.05) is 13.1 Å². The number of phenols is 1. The van der Waals surface area contributed by atoms with Gasteiger partial charge in [0.1, 0.15) is 5.75 Å². The van der Waals surface area contributed by atoms with E-state index in [4.69, 9.17) is 5.73 Å². The Bertz CT molecular complexity index is 462. The van der Waals surface area contributed by atoms with Crippen LogP contribution in [0.15, 0.2) is 24.3 Å². The van der Waals surface area contributed by atoms with Crippen molar-refractivity contribution in [2.24, 2.45) is 17.6 Å². The average Bonchev–Trinajstić information content (AvgIpc) is 2.49. The van der Waals surface area contributed by atoms with Crippen LogP contribution < -0.4 is 5.73 Å². The number of nitrogens with zero attached hydrogens (tertiary/aromatic N) is 1. The maximum absolute atomic E-state index is 12.4. The largest absolute Gasteiger partial charge is 0.508 e. The minimum absolute atomic E-state index is 0.0466. The second kappa shape index (κ2) is 6.94. The van der Waals surface area contributed by atoms with Crippen LogP contribution in [-0.2, 0) is 11.2 Å². The Labute approximate surface area is 126 Å². The van der Waals surface area contributed by atoms with E-state index in [1.165, 1.54) is 0 Å². The lowest BCUT2D eigenvalue weighted by Crippen LogP contribution is -2.48. The van der Waals surface area contributed by atoms with Gasteiger partial charge >= 0.3 is 0 Å². The predicted octanol–water partition coefficient (Wildman–Crippen LogP) is 2.16. The Hall–Kier alpha value is -1.55. The van der Waals surface area contributed by atoms with Crippen molar-refractivity contribution >= 4 is 5.91 Å². The Kier molecular flexibility index (Phi) is 5.23. The minimum Gasteiger partial charge on any atom is -0.508 e. The zero-order valence-corrected chi connectivity index (χ0v) is 13.0. The van der Waals surface area contributed by atoms with Gasteiger partial charge in [-0.05, 0) is 48.8 Å². The molecular formula is C17H26N2O2. The summed E-state index contributed by atoms with van der Waals surface area (Å²) in [6.45, 7) is 6.15. The molecule has 1 heterocycles. The van der Waals surface area contributed by atoms with E-state index in [1.54, 1.807) is 12.1 Å². The fourth-order valence-electron chi connectivity index (χ4n) is 2.99. The molecular weight excluding hydrogens is 264 g/mol. The summed E-state index contributed by atoms with van der Waals surface area (Å²) in [4.78, 5) is 14.3. The molecule has 4 heteroatoms. The summed E-state index contributed by atoms with van der Waals surface area (Å²) in [5.74, 6) is 1.69. The molecule has 0 aromatic heterocycles. The molecule has 1 aromatic carbocycles. The molecule has 0 aliphatic carbocycles. The van der Waals surface area contributed by atoms with E-state index in [1.807, 2.05) is 17.0 Å². The van der Waals surface area contributed by atoms with Gasteiger partial charge < -0.3 is 15.7 Å². The third-order valence-electron chi connectivity index (χ3n) is 4.50. The molecule has 1 aliphatic heterocycles. The number of amides is 1. The van der Waals surface area contributed by atoms with Gasteiger partial charge in [0.05, 0.1) is 6.04 Å². The smallest absolute Gasteiger partial charge is 0.239 e. The van der Waals surface area contributed by atoms with Gasteiger partial charge in [-0.1, -0.05) is 26.0 Å². The van der Waals surface area contributed by atoms with E-state index in [0.29, 0.717) is 12.3 Å². The molecule has 0 bridgehead atoms. The van der Waals surface area contributed by atoms with Gasteiger partial charge in [0.25, 0.3) is 0 Å². The quantitative estimate of drug-likeness (QED) is 0.893. The molecule has 0 saturated carbocycles. The number of hydrogen-bond acceptors (Lipinski definition) is 3. The van der Waals surface area contributed by atoms with Crippen molar-refractivity contribution in [2.75, 3.05) is 13.1 Å². The molecule has 1 aliphatic rings. The number of piperidine rings is 1. The van der Waals surface area contributed by atoms with E-state index in [9.17, 15) is 9.90 Å². The molecule has 0 radical (unpaired) electrons. The Morgan fingerprint density at radius 2 is 1.86 bits per heavy atom. The van der Waals surface area contributed by atoms with E-state index in [2.05, 4.69) is 13.8 Å². The normalized spacial score (nSPS) is 18.0. The Morgan fingerprint density at radius 1 is 1.29 bits per heavy atom.